The molecule has 4 N–H and O–H groups in total. The van der Waals surface area contributed by atoms with Crippen molar-refractivity contribution in [3.8, 4) is 0 Å². The van der Waals surface area contributed by atoms with Crippen LogP contribution in [0.25, 0.3) is 0 Å². The van der Waals surface area contributed by atoms with Crippen LogP contribution in [-0.4, -0.2) is 24.0 Å². The first-order valence-corrected chi connectivity index (χ1v) is 7.67. The second kappa shape index (κ2) is 8.16. The van der Waals surface area contributed by atoms with Gasteiger partial charge in [-0.3, -0.25) is 4.79 Å². The van der Waals surface area contributed by atoms with Crippen LogP contribution >= 0.6 is 11.6 Å². The van der Waals surface area contributed by atoms with Crippen molar-refractivity contribution in [1.82, 2.24) is 0 Å². The Morgan fingerprint density at radius 1 is 1.04 bits per heavy atom. The zero-order valence-electron chi connectivity index (χ0n) is 13.3. The molecule has 0 aliphatic carbocycles. The molecule has 0 unspecified atom stereocenters. The fourth-order valence-corrected chi connectivity index (χ4v) is 2.15. The molecule has 0 aliphatic rings. The Kier molecular flexibility index (Phi) is 5.97. The molecule has 2 aromatic carbocycles. The maximum absolute atomic E-state index is 12.1. The lowest BCUT2D eigenvalue weighted by Crippen LogP contribution is -2.30. The summed E-state index contributed by atoms with van der Waals surface area (Å²) >= 11 is 5.85. The largest absolute Gasteiger partial charge is 0.449 e. The van der Waals surface area contributed by atoms with E-state index in [-0.39, 0.29) is 5.56 Å². The van der Waals surface area contributed by atoms with Crippen LogP contribution in [-0.2, 0) is 9.53 Å². The SMILES string of the molecule is C[C@H](OC(=O)c1cccc(NC(N)=O)c1)C(=O)Nc1cccc(Cl)c1. The molecule has 8 heteroatoms. The molecule has 1 atom stereocenters. The van der Waals surface area contributed by atoms with Gasteiger partial charge in [-0.05, 0) is 43.3 Å². The van der Waals surface area contributed by atoms with E-state index in [1.807, 2.05) is 0 Å². The van der Waals surface area contributed by atoms with Gasteiger partial charge >= 0.3 is 12.0 Å². The van der Waals surface area contributed by atoms with Crippen molar-refractivity contribution >= 4 is 40.9 Å². The Labute approximate surface area is 149 Å². The third-order valence-corrected chi connectivity index (χ3v) is 3.35. The smallest absolute Gasteiger partial charge is 0.338 e. The van der Waals surface area contributed by atoms with Crippen molar-refractivity contribution in [2.75, 3.05) is 10.6 Å². The van der Waals surface area contributed by atoms with E-state index in [0.29, 0.717) is 16.4 Å². The van der Waals surface area contributed by atoms with Crippen LogP contribution in [0, 0.1) is 0 Å². The van der Waals surface area contributed by atoms with Crippen molar-refractivity contribution in [3.05, 3.63) is 59.1 Å². The van der Waals surface area contributed by atoms with Gasteiger partial charge in [-0.2, -0.15) is 0 Å². The molecule has 0 bridgehead atoms. The average molecular weight is 362 g/mol. The van der Waals surface area contributed by atoms with Crippen molar-refractivity contribution in [3.63, 3.8) is 0 Å². The van der Waals surface area contributed by atoms with Crippen LogP contribution in [0.4, 0.5) is 16.2 Å². The molecular formula is C17H16ClN3O4. The van der Waals surface area contributed by atoms with Gasteiger partial charge in [0.2, 0.25) is 0 Å². The van der Waals surface area contributed by atoms with E-state index in [1.54, 1.807) is 36.4 Å². The number of nitrogens with one attached hydrogen (secondary N) is 2. The van der Waals surface area contributed by atoms with Gasteiger partial charge in [0.05, 0.1) is 5.56 Å². The van der Waals surface area contributed by atoms with E-state index in [9.17, 15) is 14.4 Å². The van der Waals surface area contributed by atoms with Gasteiger partial charge in [0.1, 0.15) is 0 Å². The predicted molar refractivity (Wildman–Crippen MR) is 94.6 cm³/mol. The highest BCUT2D eigenvalue weighted by atomic mass is 35.5. The number of carbonyl (C=O) groups is 3. The lowest BCUT2D eigenvalue weighted by molar-refractivity contribution is -0.123. The number of esters is 1. The lowest BCUT2D eigenvalue weighted by atomic mass is 10.2. The molecule has 0 aliphatic heterocycles. The van der Waals surface area contributed by atoms with Crippen molar-refractivity contribution in [2.45, 2.75) is 13.0 Å². The second-order valence-electron chi connectivity index (χ2n) is 5.12. The number of benzene rings is 2. The Morgan fingerprint density at radius 2 is 1.68 bits per heavy atom. The minimum Gasteiger partial charge on any atom is -0.449 e. The molecule has 0 saturated carbocycles. The minimum atomic E-state index is -1.03. The Morgan fingerprint density at radius 3 is 2.32 bits per heavy atom. The first kappa shape index (κ1) is 18.3. The highest BCUT2D eigenvalue weighted by Crippen LogP contribution is 2.16. The lowest BCUT2D eigenvalue weighted by Gasteiger charge is -2.14. The molecule has 3 amide bonds. The molecule has 7 nitrogen and oxygen atoms in total. The molecule has 0 heterocycles. The van der Waals surface area contributed by atoms with E-state index < -0.39 is 24.0 Å². The molecule has 2 aromatic rings. The van der Waals surface area contributed by atoms with Crippen molar-refractivity contribution in [1.29, 1.82) is 0 Å². The monoisotopic (exact) mass is 361 g/mol. The standard InChI is InChI=1S/C17H16ClN3O4/c1-10(15(22)20-14-7-3-5-12(18)9-14)25-16(23)11-4-2-6-13(8-11)21-17(19)24/h2-10H,1H3,(H,20,22)(H3,19,21,24)/t10-/m0/s1. The molecule has 130 valence electrons. The quantitative estimate of drug-likeness (QED) is 0.711. The zero-order chi connectivity index (χ0) is 18.4. The molecular weight excluding hydrogens is 346 g/mol. The predicted octanol–water partition coefficient (Wildman–Crippen LogP) is 3.01. The van der Waals surface area contributed by atoms with Crippen LogP contribution < -0.4 is 16.4 Å². The van der Waals surface area contributed by atoms with Crippen LogP contribution in [0.2, 0.25) is 5.02 Å². The summed E-state index contributed by atoms with van der Waals surface area (Å²) < 4.78 is 5.13. The Bertz CT molecular complexity index is 810. The molecule has 2 rings (SSSR count). The minimum absolute atomic E-state index is 0.175. The first-order valence-electron chi connectivity index (χ1n) is 7.29. The summed E-state index contributed by atoms with van der Waals surface area (Å²) in [5.41, 5.74) is 6.04. The summed E-state index contributed by atoms with van der Waals surface area (Å²) in [6, 6.07) is 11.9. The van der Waals surface area contributed by atoms with E-state index in [0.717, 1.165) is 0 Å². The van der Waals surface area contributed by atoms with Crippen molar-refractivity contribution in [2.24, 2.45) is 5.73 Å². The summed E-state index contributed by atoms with van der Waals surface area (Å²) in [7, 11) is 0. The molecule has 0 fully saturated rings. The Balaban J connectivity index is 1.99. The van der Waals surface area contributed by atoms with Crippen molar-refractivity contribution < 1.29 is 19.1 Å². The highest BCUT2D eigenvalue weighted by molar-refractivity contribution is 6.30. The summed E-state index contributed by atoms with van der Waals surface area (Å²) in [6.07, 6.45) is -1.03. The van der Waals surface area contributed by atoms with E-state index >= 15 is 0 Å². The molecule has 0 radical (unpaired) electrons. The summed E-state index contributed by atoms with van der Waals surface area (Å²) in [6.45, 7) is 1.45. The van der Waals surface area contributed by atoms with Gasteiger partial charge in [0.15, 0.2) is 6.10 Å². The van der Waals surface area contributed by atoms with E-state index in [1.165, 1.54) is 19.1 Å². The maximum Gasteiger partial charge on any atom is 0.338 e. The van der Waals surface area contributed by atoms with Crippen LogP contribution in [0.5, 0.6) is 0 Å². The number of carbonyl (C=O) groups excluding carboxylic acids is 3. The number of urea groups is 1. The fraction of sp³-hybridized carbons (Fsp3) is 0.118. The van der Waals surface area contributed by atoms with Gasteiger partial charge in [-0.1, -0.05) is 23.7 Å². The number of halogens is 1. The number of rotatable bonds is 5. The number of amides is 3. The molecule has 0 saturated heterocycles. The number of primary amides is 1. The van der Waals surface area contributed by atoms with E-state index in [2.05, 4.69) is 10.6 Å². The normalized spacial score (nSPS) is 11.3. The number of nitrogens with two attached hydrogens (primary N) is 1. The number of anilines is 2. The molecule has 0 aromatic heterocycles. The van der Waals surface area contributed by atoms with Crippen LogP contribution in [0.15, 0.2) is 48.5 Å². The van der Waals surface area contributed by atoms with Crippen LogP contribution in [0.1, 0.15) is 17.3 Å². The topological polar surface area (TPSA) is 111 Å². The Hall–Kier alpha value is -3.06. The van der Waals surface area contributed by atoms with Gasteiger partial charge in [-0.15, -0.1) is 0 Å². The highest BCUT2D eigenvalue weighted by Gasteiger charge is 2.19. The third-order valence-electron chi connectivity index (χ3n) is 3.11. The number of hydrogen-bond donors (Lipinski definition) is 3. The fourth-order valence-electron chi connectivity index (χ4n) is 1.96. The maximum atomic E-state index is 12.1. The van der Waals surface area contributed by atoms with Gasteiger partial charge in [0, 0.05) is 16.4 Å². The average Bonchev–Trinajstić information content (AvgIpc) is 2.54. The van der Waals surface area contributed by atoms with E-state index in [4.69, 9.17) is 22.1 Å². The summed E-state index contributed by atoms with van der Waals surface area (Å²) in [4.78, 5) is 35.1. The summed E-state index contributed by atoms with van der Waals surface area (Å²) in [5, 5.41) is 5.43. The summed E-state index contributed by atoms with van der Waals surface area (Å²) in [5.74, 6) is -1.20. The van der Waals surface area contributed by atoms with Crippen LogP contribution in [0.3, 0.4) is 0 Å². The first-order chi connectivity index (χ1) is 11.8. The molecule has 0 spiro atoms. The second-order valence-corrected chi connectivity index (χ2v) is 5.55. The third kappa shape index (κ3) is 5.50. The number of ether oxygens (including phenoxy) is 1. The molecule has 25 heavy (non-hydrogen) atoms. The van der Waals surface area contributed by atoms with Gasteiger partial charge in [0.25, 0.3) is 5.91 Å². The van der Waals surface area contributed by atoms with Gasteiger partial charge < -0.3 is 21.1 Å². The zero-order valence-corrected chi connectivity index (χ0v) is 14.0. The van der Waals surface area contributed by atoms with Gasteiger partial charge in [-0.25, -0.2) is 9.59 Å². The number of hydrogen-bond acceptors (Lipinski definition) is 4.